The van der Waals surface area contributed by atoms with Crippen molar-refractivity contribution in [3.8, 4) is 0 Å². The number of ether oxygens (including phenoxy) is 3. The van der Waals surface area contributed by atoms with Crippen molar-refractivity contribution >= 4 is 22.4 Å². The van der Waals surface area contributed by atoms with Crippen LogP contribution in [0.3, 0.4) is 0 Å². The van der Waals surface area contributed by atoms with E-state index in [9.17, 15) is 15.0 Å². The van der Waals surface area contributed by atoms with Crippen molar-refractivity contribution in [1.82, 2.24) is 10.3 Å². The molecule has 0 radical (unpaired) electrons. The van der Waals surface area contributed by atoms with Crippen molar-refractivity contribution < 1.29 is 29.2 Å². The minimum absolute atomic E-state index is 0.121. The van der Waals surface area contributed by atoms with Gasteiger partial charge in [-0.1, -0.05) is 42.5 Å². The highest BCUT2D eigenvalue weighted by Crippen LogP contribution is 2.34. The Balaban J connectivity index is 1.49. The highest BCUT2D eigenvalue weighted by molar-refractivity contribution is 5.84. The molecule has 0 amide bonds. The number of hydrogen-bond acceptors (Lipinski definition) is 6. The van der Waals surface area contributed by atoms with Gasteiger partial charge in [-0.3, -0.25) is 10.1 Å². The fraction of sp³-hybridized carbons (Fsp3) is 0.367. The number of fused-ring (bicyclic) bond motifs is 1. The second kappa shape index (κ2) is 12.9. The maximum absolute atomic E-state index is 12.1. The molecule has 0 bridgehead atoms. The van der Waals surface area contributed by atoms with Crippen LogP contribution in [0.25, 0.3) is 16.5 Å². The number of rotatable bonds is 13. The van der Waals surface area contributed by atoms with Crippen LogP contribution in [0.5, 0.6) is 0 Å². The summed E-state index contributed by atoms with van der Waals surface area (Å²) in [5, 5.41) is 23.8. The fourth-order valence-electron chi connectivity index (χ4n) is 4.97. The number of carboxylic acids is 1. The minimum Gasteiger partial charge on any atom is -0.496 e. The summed E-state index contributed by atoms with van der Waals surface area (Å²) in [7, 11) is 3.34. The number of hydrogen-bond donors (Lipinski definition) is 4. The van der Waals surface area contributed by atoms with Gasteiger partial charge in [0.25, 0.3) is 0 Å². The molecule has 3 aromatic rings. The summed E-state index contributed by atoms with van der Waals surface area (Å²) in [5.74, 6) is -0.188. The lowest BCUT2D eigenvalue weighted by Gasteiger charge is -2.27. The Bertz CT molecular complexity index is 1310. The molecule has 1 aromatic heterocycles. The van der Waals surface area contributed by atoms with Crippen LogP contribution < -0.4 is 5.32 Å². The second-order valence-corrected chi connectivity index (χ2v) is 9.31. The zero-order chi connectivity index (χ0) is 27.1. The first kappa shape index (κ1) is 27.6. The van der Waals surface area contributed by atoms with E-state index in [4.69, 9.17) is 14.2 Å². The Morgan fingerprint density at radius 2 is 1.92 bits per heavy atom. The van der Waals surface area contributed by atoms with Crippen LogP contribution in [0.2, 0.25) is 0 Å². The molecule has 0 aliphatic heterocycles. The van der Waals surface area contributed by atoms with Gasteiger partial charge in [-0.25, -0.2) is 0 Å². The van der Waals surface area contributed by atoms with Gasteiger partial charge in [0.15, 0.2) is 0 Å². The highest BCUT2D eigenvalue weighted by Gasteiger charge is 2.26. The van der Waals surface area contributed by atoms with E-state index >= 15 is 0 Å². The zero-order valence-electron chi connectivity index (χ0n) is 22.1. The topological polar surface area (TPSA) is 113 Å². The van der Waals surface area contributed by atoms with Gasteiger partial charge >= 0.3 is 5.97 Å². The molecule has 1 heterocycles. The standard InChI is InChI=1S/C30H36N2O6/c1-4-38-18-20-14-27(36-2)29(28(15-20)37-3)21-11-9-19(10-12-21)13-25(30(34)35)31-16-26-23(17-33)22-7-5-6-8-24(22)32-26/h5-12,14,25,28,31-33H,4,13,15-18H2,1-3H3,(H,34,35)/t25-,28?/m0/s1. The van der Waals surface area contributed by atoms with Crippen LogP contribution in [0, 0.1) is 0 Å². The number of aliphatic hydroxyl groups excluding tert-OH is 1. The van der Waals surface area contributed by atoms with E-state index in [0.717, 1.165) is 56.6 Å². The molecule has 202 valence electrons. The number of para-hydroxylation sites is 1. The van der Waals surface area contributed by atoms with Crippen LogP contribution >= 0.6 is 0 Å². The summed E-state index contributed by atoms with van der Waals surface area (Å²) in [6.45, 7) is 3.33. The number of allylic oxidation sites excluding steroid dienone is 1. The zero-order valence-corrected chi connectivity index (χ0v) is 22.1. The van der Waals surface area contributed by atoms with Crippen molar-refractivity contribution in [1.29, 1.82) is 0 Å². The maximum Gasteiger partial charge on any atom is 0.321 e. The normalized spacial score (nSPS) is 16.5. The van der Waals surface area contributed by atoms with E-state index < -0.39 is 12.0 Å². The Kier molecular flexibility index (Phi) is 9.36. The largest absolute Gasteiger partial charge is 0.496 e. The van der Waals surface area contributed by atoms with E-state index in [0.29, 0.717) is 26.2 Å². The number of carbonyl (C=O) groups is 1. The molecule has 4 N–H and O–H groups in total. The molecule has 4 rings (SSSR count). The van der Waals surface area contributed by atoms with Crippen LogP contribution in [0.4, 0.5) is 0 Å². The number of aliphatic hydroxyl groups is 1. The lowest BCUT2D eigenvalue weighted by atomic mass is 9.88. The van der Waals surface area contributed by atoms with Crippen molar-refractivity contribution in [2.75, 3.05) is 27.4 Å². The smallest absolute Gasteiger partial charge is 0.321 e. The molecule has 8 nitrogen and oxygen atoms in total. The summed E-state index contributed by atoms with van der Waals surface area (Å²) >= 11 is 0. The summed E-state index contributed by atoms with van der Waals surface area (Å²) < 4.78 is 17.1. The number of benzene rings is 2. The molecule has 1 aliphatic rings. The first-order chi connectivity index (χ1) is 18.5. The van der Waals surface area contributed by atoms with Gasteiger partial charge in [0, 0.05) is 54.4 Å². The number of nitrogens with one attached hydrogen (secondary N) is 2. The molecule has 1 aliphatic carbocycles. The van der Waals surface area contributed by atoms with Crippen LogP contribution in [-0.2, 0) is 38.6 Å². The van der Waals surface area contributed by atoms with E-state index in [2.05, 4.69) is 10.3 Å². The number of H-pyrrole nitrogens is 1. The van der Waals surface area contributed by atoms with Gasteiger partial charge in [-0.2, -0.15) is 0 Å². The van der Waals surface area contributed by atoms with E-state index in [1.807, 2.05) is 61.5 Å². The summed E-state index contributed by atoms with van der Waals surface area (Å²) in [6.07, 6.45) is 2.88. The predicted molar refractivity (Wildman–Crippen MR) is 147 cm³/mol. The number of methoxy groups -OCH3 is 2. The van der Waals surface area contributed by atoms with E-state index in [1.54, 1.807) is 14.2 Å². The van der Waals surface area contributed by atoms with Crippen molar-refractivity contribution in [3.05, 3.63) is 88.3 Å². The summed E-state index contributed by atoms with van der Waals surface area (Å²) in [4.78, 5) is 15.4. The number of aliphatic carboxylic acids is 1. The van der Waals surface area contributed by atoms with Crippen molar-refractivity contribution in [3.63, 3.8) is 0 Å². The minimum atomic E-state index is -0.932. The third-order valence-corrected chi connectivity index (χ3v) is 6.95. The third kappa shape index (κ3) is 6.16. The maximum atomic E-state index is 12.1. The molecule has 1 unspecified atom stereocenters. The van der Waals surface area contributed by atoms with Gasteiger partial charge < -0.3 is 29.4 Å². The SMILES string of the molecule is CCOCC1=CC(OC)=C(c2ccc(C[C@H](NCc3[nH]c4ccccc4c3CO)C(=O)O)cc2)C(OC)C1. The van der Waals surface area contributed by atoms with Crippen LogP contribution in [-0.4, -0.2) is 60.7 Å². The second-order valence-electron chi connectivity index (χ2n) is 9.31. The quantitative estimate of drug-likeness (QED) is 0.267. The van der Waals surface area contributed by atoms with Gasteiger partial charge in [0.05, 0.1) is 26.4 Å². The molecule has 8 heteroatoms. The number of aromatic nitrogens is 1. The molecule has 0 saturated carbocycles. The average Bonchev–Trinajstić information content (AvgIpc) is 3.31. The molecule has 0 saturated heterocycles. The summed E-state index contributed by atoms with van der Waals surface area (Å²) in [6, 6.07) is 14.8. The van der Waals surface area contributed by atoms with Crippen molar-refractivity contribution in [2.45, 2.75) is 45.1 Å². The molecular weight excluding hydrogens is 484 g/mol. The molecule has 38 heavy (non-hydrogen) atoms. The number of carboxylic acid groups (broad SMARTS) is 1. The molecular formula is C30H36N2O6. The van der Waals surface area contributed by atoms with Crippen LogP contribution in [0.1, 0.15) is 35.7 Å². The average molecular weight is 521 g/mol. The fourth-order valence-corrected chi connectivity index (χ4v) is 4.97. The Hall–Kier alpha value is -3.43. The molecule has 0 fully saturated rings. The molecule has 2 atom stereocenters. The first-order valence-electron chi connectivity index (χ1n) is 12.8. The van der Waals surface area contributed by atoms with Gasteiger partial charge in [-0.15, -0.1) is 0 Å². The number of aromatic amines is 1. The van der Waals surface area contributed by atoms with Gasteiger partial charge in [0.2, 0.25) is 0 Å². The van der Waals surface area contributed by atoms with E-state index in [1.165, 1.54) is 0 Å². The first-order valence-corrected chi connectivity index (χ1v) is 12.8. The van der Waals surface area contributed by atoms with Gasteiger partial charge in [-0.05, 0) is 42.2 Å². The van der Waals surface area contributed by atoms with E-state index in [-0.39, 0.29) is 12.7 Å². The predicted octanol–water partition coefficient (Wildman–Crippen LogP) is 4.18. The lowest BCUT2D eigenvalue weighted by Crippen LogP contribution is -2.38. The van der Waals surface area contributed by atoms with Crippen molar-refractivity contribution in [2.24, 2.45) is 0 Å². The lowest BCUT2D eigenvalue weighted by molar-refractivity contribution is -0.139. The summed E-state index contributed by atoms with van der Waals surface area (Å²) in [5.41, 5.74) is 6.42. The highest BCUT2D eigenvalue weighted by atomic mass is 16.5. The van der Waals surface area contributed by atoms with Gasteiger partial charge in [0.1, 0.15) is 11.8 Å². The molecule has 0 spiro atoms. The Labute approximate surface area is 222 Å². The third-order valence-electron chi connectivity index (χ3n) is 6.95. The monoisotopic (exact) mass is 520 g/mol. The van der Waals surface area contributed by atoms with Crippen LogP contribution in [0.15, 0.2) is 65.9 Å². The molecule has 2 aromatic carbocycles. The Morgan fingerprint density at radius 1 is 1.16 bits per heavy atom. The Morgan fingerprint density at radius 3 is 2.58 bits per heavy atom.